The minimum absolute atomic E-state index is 0.132. The highest BCUT2D eigenvalue weighted by Crippen LogP contribution is 2.23. The van der Waals surface area contributed by atoms with Gasteiger partial charge >= 0.3 is 6.18 Å². The number of hydrogen-bond acceptors (Lipinski definition) is 1. The molecule has 0 saturated heterocycles. The standard InChI is InChI=1S/C10H10F4O/c11-8-4-2-1-3-7(8)5-6-9(15)10(12,13)14/h1-4,9,15H,5-6H2/t9-/m1/s1. The van der Waals surface area contributed by atoms with Crippen molar-refractivity contribution in [3.63, 3.8) is 0 Å². The number of aliphatic hydroxyl groups excluding tert-OH is 1. The Bertz CT molecular complexity index is 321. The Morgan fingerprint density at radius 3 is 2.33 bits per heavy atom. The minimum Gasteiger partial charge on any atom is -0.384 e. The van der Waals surface area contributed by atoms with E-state index in [-0.39, 0.29) is 12.0 Å². The highest BCUT2D eigenvalue weighted by molar-refractivity contribution is 5.17. The fourth-order valence-electron chi connectivity index (χ4n) is 1.16. The summed E-state index contributed by atoms with van der Waals surface area (Å²) in [5, 5.41) is 8.69. The van der Waals surface area contributed by atoms with Gasteiger partial charge in [0, 0.05) is 0 Å². The molecule has 0 unspecified atom stereocenters. The molecule has 1 rings (SSSR count). The predicted octanol–water partition coefficient (Wildman–Crippen LogP) is 2.68. The Hall–Kier alpha value is -1.10. The predicted molar refractivity (Wildman–Crippen MR) is 46.8 cm³/mol. The van der Waals surface area contributed by atoms with Gasteiger partial charge in [0.25, 0.3) is 0 Å². The van der Waals surface area contributed by atoms with Gasteiger partial charge < -0.3 is 5.11 Å². The summed E-state index contributed by atoms with van der Waals surface area (Å²) >= 11 is 0. The number of aryl methyl sites for hydroxylation is 1. The molecular weight excluding hydrogens is 212 g/mol. The van der Waals surface area contributed by atoms with Gasteiger partial charge in [0.05, 0.1) is 0 Å². The van der Waals surface area contributed by atoms with Crippen LogP contribution in [0.25, 0.3) is 0 Å². The average Bonchev–Trinajstić information content (AvgIpc) is 2.14. The summed E-state index contributed by atoms with van der Waals surface area (Å²) in [6.45, 7) is 0. The first-order chi connectivity index (χ1) is 6.91. The van der Waals surface area contributed by atoms with Crippen molar-refractivity contribution in [3.05, 3.63) is 35.6 Å². The molecule has 0 fully saturated rings. The van der Waals surface area contributed by atoms with E-state index in [1.807, 2.05) is 0 Å². The third-order valence-electron chi connectivity index (χ3n) is 2.02. The molecule has 0 bridgehead atoms. The van der Waals surface area contributed by atoms with Crippen molar-refractivity contribution in [2.75, 3.05) is 0 Å². The molecule has 1 atom stereocenters. The first kappa shape index (κ1) is 12.0. The molecule has 1 nitrogen and oxygen atoms in total. The van der Waals surface area contributed by atoms with Gasteiger partial charge in [0.2, 0.25) is 0 Å². The zero-order valence-corrected chi connectivity index (χ0v) is 7.76. The number of rotatable bonds is 3. The molecule has 0 aromatic heterocycles. The van der Waals surface area contributed by atoms with Crippen molar-refractivity contribution in [1.29, 1.82) is 0 Å². The lowest BCUT2D eigenvalue weighted by Gasteiger charge is -2.14. The highest BCUT2D eigenvalue weighted by Gasteiger charge is 2.37. The number of hydrogen-bond donors (Lipinski definition) is 1. The van der Waals surface area contributed by atoms with Crippen LogP contribution in [0, 0.1) is 5.82 Å². The molecule has 1 N–H and O–H groups in total. The van der Waals surface area contributed by atoms with Crippen LogP contribution in [0.3, 0.4) is 0 Å². The number of aliphatic hydroxyl groups is 1. The first-order valence-corrected chi connectivity index (χ1v) is 4.39. The molecule has 0 spiro atoms. The highest BCUT2D eigenvalue weighted by atomic mass is 19.4. The van der Waals surface area contributed by atoms with Crippen molar-refractivity contribution in [3.8, 4) is 0 Å². The summed E-state index contributed by atoms with van der Waals surface area (Å²) in [6.07, 6.45) is -7.68. The second-order valence-electron chi connectivity index (χ2n) is 3.19. The summed E-state index contributed by atoms with van der Waals surface area (Å²) in [4.78, 5) is 0. The number of halogens is 4. The maximum atomic E-state index is 13.0. The van der Waals surface area contributed by atoms with Gasteiger partial charge in [-0.25, -0.2) is 4.39 Å². The normalized spacial score (nSPS) is 13.9. The van der Waals surface area contributed by atoms with Crippen LogP contribution in [-0.4, -0.2) is 17.4 Å². The zero-order chi connectivity index (χ0) is 11.5. The van der Waals surface area contributed by atoms with E-state index in [2.05, 4.69) is 0 Å². The van der Waals surface area contributed by atoms with E-state index in [1.54, 1.807) is 6.07 Å². The van der Waals surface area contributed by atoms with E-state index >= 15 is 0 Å². The van der Waals surface area contributed by atoms with Crippen molar-refractivity contribution < 1.29 is 22.7 Å². The van der Waals surface area contributed by atoms with E-state index in [4.69, 9.17) is 5.11 Å². The fourth-order valence-corrected chi connectivity index (χ4v) is 1.16. The van der Waals surface area contributed by atoms with Gasteiger partial charge in [-0.2, -0.15) is 13.2 Å². The molecule has 0 aliphatic carbocycles. The van der Waals surface area contributed by atoms with Gasteiger partial charge in [-0.1, -0.05) is 18.2 Å². The van der Waals surface area contributed by atoms with E-state index in [0.29, 0.717) is 0 Å². The Kier molecular flexibility index (Phi) is 3.68. The van der Waals surface area contributed by atoms with Crippen LogP contribution in [0.15, 0.2) is 24.3 Å². The molecule has 1 aromatic carbocycles. The van der Waals surface area contributed by atoms with E-state index in [9.17, 15) is 17.6 Å². The van der Waals surface area contributed by atoms with Gasteiger partial charge in [0.15, 0.2) is 0 Å². The summed E-state index contributed by atoms with van der Waals surface area (Å²) in [5.74, 6) is -0.549. The molecular formula is C10H10F4O. The third-order valence-corrected chi connectivity index (χ3v) is 2.02. The molecule has 1 aromatic rings. The quantitative estimate of drug-likeness (QED) is 0.779. The Balaban J connectivity index is 2.55. The smallest absolute Gasteiger partial charge is 0.384 e. The lowest BCUT2D eigenvalue weighted by Crippen LogP contribution is -2.28. The maximum Gasteiger partial charge on any atom is 0.414 e. The Morgan fingerprint density at radius 1 is 1.20 bits per heavy atom. The second kappa shape index (κ2) is 4.61. The summed E-state index contributed by atoms with van der Waals surface area (Å²) in [5.41, 5.74) is 0.181. The van der Waals surface area contributed by atoms with Gasteiger partial charge in [-0.05, 0) is 24.5 Å². The summed E-state index contributed by atoms with van der Waals surface area (Å²) < 4.78 is 48.7. The largest absolute Gasteiger partial charge is 0.414 e. The molecule has 0 radical (unpaired) electrons. The molecule has 0 aliphatic rings. The SMILES string of the molecule is O[C@H](CCc1ccccc1F)C(F)(F)F. The monoisotopic (exact) mass is 222 g/mol. The Labute approximate surface area is 84.3 Å². The minimum atomic E-state index is -4.63. The third kappa shape index (κ3) is 3.51. The fraction of sp³-hybridized carbons (Fsp3) is 0.400. The molecule has 0 amide bonds. The number of benzene rings is 1. The molecule has 0 saturated carbocycles. The number of alkyl halides is 3. The molecule has 15 heavy (non-hydrogen) atoms. The lowest BCUT2D eigenvalue weighted by atomic mass is 10.1. The molecule has 0 aliphatic heterocycles. The van der Waals surface area contributed by atoms with Crippen LogP contribution < -0.4 is 0 Å². The van der Waals surface area contributed by atoms with E-state index in [0.717, 1.165) is 0 Å². The summed E-state index contributed by atoms with van der Waals surface area (Å²) in [7, 11) is 0. The van der Waals surface area contributed by atoms with Crippen LogP contribution in [0.2, 0.25) is 0 Å². The van der Waals surface area contributed by atoms with Crippen LogP contribution >= 0.6 is 0 Å². The van der Waals surface area contributed by atoms with Crippen molar-refractivity contribution in [2.45, 2.75) is 25.1 Å². The van der Waals surface area contributed by atoms with Crippen LogP contribution in [0.5, 0.6) is 0 Å². The lowest BCUT2D eigenvalue weighted by molar-refractivity contribution is -0.205. The first-order valence-electron chi connectivity index (χ1n) is 4.39. The van der Waals surface area contributed by atoms with Crippen molar-refractivity contribution >= 4 is 0 Å². The summed E-state index contributed by atoms with van der Waals surface area (Å²) in [6, 6.07) is 5.57. The van der Waals surface area contributed by atoms with Gasteiger partial charge in [-0.15, -0.1) is 0 Å². The van der Waals surface area contributed by atoms with Gasteiger partial charge in [-0.3, -0.25) is 0 Å². The van der Waals surface area contributed by atoms with Crippen molar-refractivity contribution in [1.82, 2.24) is 0 Å². The van der Waals surface area contributed by atoms with Gasteiger partial charge in [0.1, 0.15) is 11.9 Å². The maximum absolute atomic E-state index is 13.0. The van der Waals surface area contributed by atoms with E-state index in [1.165, 1.54) is 18.2 Å². The molecule has 84 valence electrons. The van der Waals surface area contributed by atoms with Crippen LogP contribution in [0.4, 0.5) is 17.6 Å². The van der Waals surface area contributed by atoms with Crippen LogP contribution in [0.1, 0.15) is 12.0 Å². The van der Waals surface area contributed by atoms with E-state index < -0.39 is 24.5 Å². The Morgan fingerprint density at radius 2 is 1.80 bits per heavy atom. The zero-order valence-electron chi connectivity index (χ0n) is 7.76. The average molecular weight is 222 g/mol. The second-order valence-corrected chi connectivity index (χ2v) is 3.19. The molecule has 5 heteroatoms. The van der Waals surface area contributed by atoms with Crippen LogP contribution in [-0.2, 0) is 6.42 Å². The topological polar surface area (TPSA) is 20.2 Å². The van der Waals surface area contributed by atoms with Crippen molar-refractivity contribution in [2.24, 2.45) is 0 Å². The molecule has 0 heterocycles.